The van der Waals surface area contributed by atoms with Gasteiger partial charge in [-0.2, -0.15) is 0 Å². The second-order valence-electron chi connectivity index (χ2n) is 6.32. The zero-order valence-electron chi connectivity index (χ0n) is 15.7. The highest BCUT2D eigenvalue weighted by Gasteiger charge is 2.28. The van der Waals surface area contributed by atoms with E-state index in [4.69, 9.17) is 5.73 Å². The smallest absolute Gasteiger partial charge is 0.267 e. The molecule has 2 aromatic carbocycles. The van der Waals surface area contributed by atoms with Crippen molar-refractivity contribution in [2.75, 3.05) is 16.7 Å². The molecule has 0 saturated heterocycles. The van der Waals surface area contributed by atoms with Crippen molar-refractivity contribution in [2.24, 2.45) is 5.73 Å². The second kappa shape index (κ2) is 8.06. The number of thiophene rings is 1. The first-order chi connectivity index (χ1) is 13.7. The van der Waals surface area contributed by atoms with Crippen molar-refractivity contribution in [2.45, 2.75) is 11.8 Å². The number of carbonyl (C=O) groups excluding carboxylic acids is 2. The van der Waals surface area contributed by atoms with Gasteiger partial charge in [-0.25, -0.2) is 8.42 Å². The van der Waals surface area contributed by atoms with Crippen LogP contribution in [0, 0.1) is 6.92 Å². The van der Waals surface area contributed by atoms with Gasteiger partial charge < -0.3 is 11.1 Å². The van der Waals surface area contributed by atoms with Crippen molar-refractivity contribution >= 4 is 44.5 Å². The summed E-state index contributed by atoms with van der Waals surface area (Å²) >= 11 is 1.03. The SMILES string of the molecule is Cc1ccc(N(C)S(=O)(=O)c2ccsc2C(=O)Nc2ccc(C(N)=O)cc2)cc1. The Labute approximate surface area is 172 Å². The lowest BCUT2D eigenvalue weighted by molar-refractivity contribution is 0.0998. The molecular formula is C20H19N3O4S2. The first kappa shape index (κ1) is 20.6. The first-order valence-electron chi connectivity index (χ1n) is 8.54. The predicted octanol–water partition coefficient (Wildman–Crippen LogP) is 3.23. The number of nitrogens with one attached hydrogen (secondary N) is 1. The van der Waals surface area contributed by atoms with Crippen molar-refractivity contribution in [3.05, 3.63) is 76.0 Å². The van der Waals surface area contributed by atoms with E-state index in [1.54, 1.807) is 17.5 Å². The first-order valence-corrected chi connectivity index (χ1v) is 10.9. The molecule has 0 saturated carbocycles. The molecule has 2 amide bonds. The number of primary amides is 1. The maximum atomic E-state index is 13.1. The van der Waals surface area contributed by atoms with Gasteiger partial charge in [0.15, 0.2) is 0 Å². The summed E-state index contributed by atoms with van der Waals surface area (Å²) in [5.74, 6) is -1.13. The Balaban J connectivity index is 1.86. The van der Waals surface area contributed by atoms with Crippen LogP contribution in [0.1, 0.15) is 25.6 Å². The fraction of sp³-hybridized carbons (Fsp3) is 0.100. The number of hydrogen-bond donors (Lipinski definition) is 2. The zero-order valence-corrected chi connectivity index (χ0v) is 17.4. The van der Waals surface area contributed by atoms with Crippen LogP contribution in [0.25, 0.3) is 0 Å². The van der Waals surface area contributed by atoms with E-state index in [9.17, 15) is 18.0 Å². The maximum Gasteiger partial charge on any atom is 0.267 e. The van der Waals surface area contributed by atoms with Gasteiger partial charge in [0.2, 0.25) is 5.91 Å². The summed E-state index contributed by atoms with van der Waals surface area (Å²) in [4.78, 5) is 23.8. The number of aryl methyl sites for hydroxylation is 1. The lowest BCUT2D eigenvalue weighted by Crippen LogP contribution is -2.28. The van der Waals surface area contributed by atoms with Crippen LogP contribution in [-0.4, -0.2) is 27.3 Å². The number of carbonyl (C=O) groups is 2. The molecule has 0 bridgehead atoms. The molecule has 0 aliphatic rings. The van der Waals surface area contributed by atoms with Gasteiger partial charge in [-0.05, 0) is 54.8 Å². The normalized spacial score (nSPS) is 11.1. The second-order valence-corrected chi connectivity index (χ2v) is 9.17. The van der Waals surface area contributed by atoms with Crippen molar-refractivity contribution in [3.63, 3.8) is 0 Å². The minimum absolute atomic E-state index is 0.0722. The summed E-state index contributed by atoms with van der Waals surface area (Å²) in [5.41, 5.74) is 7.43. The van der Waals surface area contributed by atoms with E-state index in [1.807, 2.05) is 19.1 Å². The number of amides is 2. The van der Waals surface area contributed by atoms with E-state index in [1.165, 1.54) is 37.4 Å². The van der Waals surface area contributed by atoms with E-state index < -0.39 is 21.8 Å². The van der Waals surface area contributed by atoms with E-state index in [0.29, 0.717) is 16.9 Å². The van der Waals surface area contributed by atoms with Gasteiger partial charge in [0.25, 0.3) is 15.9 Å². The minimum atomic E-state index is -3.93. The zero-order chi connectivity index (χ0) is 21.2. The van der Waals surface area contributed by atoms with E-state index in [-0.39, 0.29) is 9.77 Å². The number of sulfonamides is 1. The average molecular weight is 430 g/mol. The Kier molecular flexibility index (Phi) is 5.71. The third kappa shape index (κ3) is 4.30. The summed E-state index contributed by atoms with van der Waals surface area (Å²) in [6.45, 7) is 1.91. The van der Waals surface area contributed by atoms with Crippen molar-refractivity contribution in [3.8, 4) is 0 Å². The molecule has 3 N–H and O–H groups in total. The molecule has 29 heavy (non-hydrogen) atoms. The lowest BCUT2D eigenvalue weighted by atomic mass is 10.2. The highest BCUT2D eigenvalue weighted by molar-refractivity contribution is 7.93. The molecule has 0 fully saturated rings. The summed E-state index contributed by atoms with van der Waals surface area (Å²) in [6.07, 6.45) is 0. The Morgan fingerprint density at radius 3 is 2.21 bits per heavy atom. The van der Waals surface area contributed by atoms with Crippen LogP contribution >= 0.6 is 11.3 Å². The van der Waals surface area contributed by atoms with Crippen LogP contribution in [0.3, 0.4) is 0 Å². The lowest BCUT2D eigenvalue weighted by Gasteiger charge is -2.19. The van der Waals surface area contributed by atoms with Crippen molar-refractivity contribution in [1.29, 1.82) is 0 Å². The van der Waals surface area contributed by atoms with Crippen LogP contribution < -0.4 is 15.4 Å². The Morgan fingerprint density at radius 1 is 1.00 bits per heavy atom. The molecule has 0 unspecified atom stereocenters. The van der Waals surface area contributed by atoms with Gasteiger partial charge in [-0.1, -0.05) is 17.7 Å². The van der Waals surface area contributed by atoms with E-state index >= 15 is 0 Å². The molecule has 3 aromatic rings. The van der Waals surface area contributed by atoms with Crippen molar-refractivity contribution < 1.29 is 18.0 Å². The van der Waals surface area contributed by atoms with Gasteiger partial charge in [0.05, 0.1) is 5.69 Å². The summed E-state index contributed by atoms with van der Waals surface area (Å²) in [7, 11) is -2.48. The number of hydrogen-bond acceptors (Lipinski definition) is 5. The molecule has 0 aliphatic carbocycles. The molecule has 1 aromatic heterocycles. The maximum absolute atomic E-state index is 13.1. The van der Waals surface area contributed by atoms with Crippen LogP contribution in [-0.2, 0) is 10.0 Å². The topological polar surface area (TPSA) is 110 Å². The van der Waals surface area contributed by atoms with E-state index in [2.05, 4.69) is 5.32 Å². The van der Waals surface area contributed by atoms with Crippen LogP contribution in [0.2, 0.25) is 0 Å². The molecule has 7 nitrogen and oxygen atoms in total. The summed E-state index contributed by atoms with van der Waals surface area (Å²) in [6, 6.07) is 14.5. The largest absolute Gasteiger partial charge is 0.366 e. The quantitative estimate of drug-likeness (QED) is 0.627. The molecule has 0 aliphatic heterocycles. The summed E-state index contributed by atoms with van der Waals surface area (Å²) in [5, 5.41) is 4.20. The third-order valence-corrected chi connectivity index (χ3v) is 7.17. The number of anilines is 2. The standard InChI is InChI=1S/C20H19N3O4S2/c1-13-3-9-16(10-4-13)23(2)29(26,27)17-11-12-28-18(17)20(25)22-15-7-5-14(6-8-15)19(21)24/h3-12H,1-2H3,(H2,21,24)(H,22,25). The van der Waals surface area contributed by atoms with Crippen molar-refractivity contribution in [1.82, 2.24) is 0 Å². The Bertz CT molecular complexity index is 1150. The monoisotopic (exact) mass is 429 g/mol. The highest BCUT2D eigenvalue weighted by Crippen LogP contribution is 2.28. The van der Waals surface area contributed by atoms with Gasteiger partial charge in [-0.15, -0.1) is 11.3 Å². The Hall–Kier alpha value is -3.17. The molecule has 1 heterocycles. The number of nitrogens with zero attached hydrogens (tertiary/aromatic N) is 1. The average Bonchev–Trinajstić information content (AvgIpc) is 3.19. The molecule has 3 rings (SSSR count). The van der Waals surface area contributed by atoms with E-state index in [0.717, 1.165) is 21.2 Å². The van der Waals surface area contributed by atoms with Gasteiger partial charge in [-0.3, -0.25) is 13.9 Å². The fourth-order valence-electron chi connectivity index (χ4n) is 2.61. The molecule has 0 spiro atoms. The van der Waals surface area contributed by atoms with Gasteiger partial charge >= 0.3 is 0 Å². The van der Waals surface area contributed by atoms with Gasteiger partial charge in [0.1, 0.15) is 9.77 Å². The number of nitrogens with two attached hydrogens (primary N) is 1. The molecule has 9 heteroatoms. The summed E-state index contributed by atoms with van der Waals surface area (Å²) < 4.78 is 27.3. The predicted molar refractivity (Wildman–Crippen MR) is 114 cm³/mol. The Morgan fingerprint density at radius 2 is 1.62 bits per heavy atom. The van der Waals surface area contributed by atoms with Crippen LogP contribution in [0.15, 0.2) is 64.9 Å². The minimum Gasteiger partial charge on any atom is -0.366 e. The fourth-order valence-corrected chi connectivity index (χ4v) is 5.10. The molecular weight excluding hydrogens is 410 g/mol. The molecule has 0 radical (unpaired) electrons. The van der Waals surface area contributed by atoms with Gasteiger partial charge in [0, 0.05) is 18.3 Å². The number of rotatable bonds is 6. The highest BCUT2D eigenvalue weighted by atomic mass is 32.2. The van der Waals surface area contributed by atoms with Crippen LogP contribution in [0.5, 0.6) is 0 Å². The van der Waals surface area contributed by atoms with Crippen LogP contribution in [0.4, 0.5) is 11.4 Å². The number of benzene rings is 2. The molecule has 0 atom stereocenters. The third-order valence-electron chi connectivity index (χ3n) is 4.30. The molecule has 150 valence electrons.